The number of carbonyl (C=O) groups excluding carboxylic acids is 1. The topological polar surface area (TPSA) is 29.1 Å². The number of hydrogen-bond acceptors (Lipinski definition) is 1. The van der Waals surface area contributed by atoms with Crippen molar-refractivity contribution in [3.63, 3.8) is 0 Å². The largest absolute Gasteiger partial charge is 0.384 e. The minimum absolute atomic E-state index is 0. The minimum Gasteiger partial charge on any atom is -0.384 e. The number of nitrogens with one attached hydrogen (secondary N) is 1. The fraction of sp³-hybridized carbons (Fsp3) is 0.500. The van der Waals surface area contributed by atoms with Crippen LogP contribution in [0.25, 0.3) is 0 Å². The first-order valence-electron chi connectivity index (χ1n) is 1.82. The van der Waals surface area contributed by atoms with E-state index in [1.54, 1.807) is 14.0 Å². The van der Waals surface area contributed by atoms with Crippen molar-refractivity contribution < 1.29 is 37.5 Å². The number of rotatable bonds is 1. The molecular weight excluding hydrogens is 167 g/mol. The Morgan fingerprint density at radius 1 is 1.71 bits per heavy atom. The molecule has 0 aromatic heterocycles. The molecule has 0 rings (SSSR count). The second-order valence-electron chi connectivity index (χ2n) is 0.903. The Bertz CT molecular complexity index is 49.7. The van der Waals surface area contributed by atoms with Gasteiger partial charge in [0.25, 0.3) is 0 Å². The molecule has 0 aliphatic carbocycles. The van der Waals surface area contributed by atoms with Crippen LogP contribution < -0.4 is 5.32 Å². The molecule has 1 N–H and O–H groups in total. The molecule has 1 amide bonds. The Labute approximate surface area is 68.9 Å². The molecule has 0 atom stereocenters. The number of hydrogen-bond donors (Lipinski definition) is 1. The molecule has 0 bridgehead atoms. The molecule has 0 aromatic carbocycles. The molecule has 0 aliphatic heterocycles. The summed E-state index contributed by atoms with van der Waals surface area (Å²) < 4.78 is 0. The van der Waals surface area contributed by atoms with E-state index in [-0.39, 0.29) is 38.6 Å². The second-order valence-corrected chi connectivity index (χ2v) is 0.903. The molecule has 1 radical (unpaired) electrons. The quantitative estimate of drug-likeness (QED) is 0.556. The maximum Gasteiger partial charge on any atom is 0.0819 e. The van der Waals surface area contributed by atoms with Crippen molar-refractivity contribution in [2.75, 3.05) is 7.05 Å². The van der Waals surface area contributed by atoms with E-state index < -0.39 is 0 Å². The van der Waals surface area contributed by atoms with Crippen LogP contribution in [0.1, 0.15) is 6.92 Å². The van der Waals surface area contributed by atoms with Crippen molar-refractivity contribution in [2.45, 2.75) is 6.92 Å². The van der Waals surface area contributed by atoms with E-state index in [0.29, 0.717) is 0 Å². The standard InChI is InChI=1S/C4H8NO.Y/c1-3-4(6)5-2;/h3H,1-2H3,(H,5,6);/q-1;. The maximum atomic E-state index is 10.0. The van der Waals surface area contributed by atoms with Gasteiger partial charge in [-0.3, -0.25) is 0 Å². The van der Waals surface area contributed by atoms with Crippen LogP contribution in [0, 0.1) is 6.42 Å². The summed E-state index contributed by atoms with van der Waals surface area (Å²) in [5.41, 5.74) is 0. The fourth-order valence-corrected chi connectivity index (χ4v) is 0.144. The first-order chi connectivity index (χ1) is 2.81. The van der Waals surface area contributed by atoms with Crippen molar-refractivity contribution in [1.29, 1.82) is 0 Å². The van der Waals surface area contributed by atoms with E-state index in [4.69, 9.17) is 0 Å². The smallest absolute Gasteiger partial charge is 0.0819 e. The summed E-state index contributed by atoms with van der Waals surface area (Å²) in [6.45, 7) is 1.69. The molecule has 39 valence electrons. The third kappa shape index (κ3) is 6.44. The van der Waals surface area contributed by atoms with Crippen molar-refractivity contribution in [3.05, 3.63) is 6.42 Å². The molecule has 2 nitrogen and oxygen atoms in total. The number of carbonyl (C=O) groups is 1. The summed E-state index contributed by atoms with van der Waals surface area (Å²) in [5, 5.41) is 2.42. The molecular formula is C4H8NOY-. The van der Waals surface area contributed by atoms with Gasteiger partial charge in [-0.2, -0.15) is 6.92 Å². The Kier molecular flexibility index (Phi) is 9.60. The average molecular weight is 175 g/mol. The van der Waals surface area contributed by atoms with Gasteiger partial charge in [0.2, 0.25) is 0 Å². The summed E-state index contributed by atoms with van der Waals surface area (Å²) >= 11 is 0. The van der Waals surface area contributed by atoms with Gasteiger partial charge in [-0.15, -0.1) is 0 Å². The van der Waals surface area contributed by atoms with Crippen LogP contribution in [0.15, 0.2) is 0 Å². The maximum absolute atomic E-state index is 10.0. The van der Waals surface area contributed by atoms with Crippen LogP contribution >= 0.6 is 0 Å². The van der Waals surface area contributed by atoms with Gasteiger partial charge in [0.05, 0.1) is 5.91 Å². The van der Waals surface area contributed by atoms with Crippen LogP contribution in [0.2, 0.25) is 0 Å². The Balaban J connectivity index is 0. The summed E-state index contributed by atoms with van der Waals surface area (Å²) in [4.78, 5) is 10.0. The van der Waals surface area contributed by atoms with E-state index in [1.807, 2.05) is 0 Å². The van der Waals surface area contributed by atoms with Crippen LogP contribution in [0.3, 0.4) is 0 Å². The molecule has 0 aliphatic rings. The zero-order valence-electron chi connectivity index (χ0n) is 4.56. The molecule has 0 saturated carbocycles. The monoisotopic (exact) mass is 175 g/mol. The molecule has 0 saturated heterocycles. The molecule has 3 heteroatoms. The molecule has 7 heavy (non-hydrogen) atoms. The first-order valence-corrected chi connectivity index (χ1v) is 1.82. The molecule has 0 spiro atoms. The van der Waals surface area contributed by atoms with Gasteiger partial charge in [-0.1, -0.05) is 0 Å². The van der Waals surface area contributed by atoms with E-state index in [1.165, 1.54) is 6.42 Å². The molecule has 0 unspecified atom stereocenters. The van der Waals surface area contributed by atoms with E-state index in [9.17, 15) is 4.79 Å². The predicted molar refractivity (Wildman–Crippen MR) is 24.0 cm³/mol. The Morgan fingerprint density at radius 2 is 2.14 bits per heavy atom. The first kappa shape index (κ1) is 10.4. The molecule has 0 aromatic rings. The Morgan fingerprint density at radius 3 is 2.14 bits per heavy atom. The summed E-state index contributed by atoms with van der Waals surface area (Å²) in [5.74, 6) is -0.0324. The normalized spacial score (nSPS) is 6.00. The Hall–Kier alpha value is 0.444. The second kappa shape index (κ2) is 6.44. The van der Waals surface area contributed by atoms with Gasteiger partial charge in [0.1, 0.15) is 0 Å². The van der Waals surface area contributed by atoms with Crippen molar-refractivity contribution >= 4 is 5.91 Å². The molecule has 0 fully saturated rings. The summed E-state index contributed by atoms with van der Waals surface area (Å²) in [6, 6.07) is 0. The average Bonchev–Trinajstić information content (AvgIpc) is 1.65. The molecule has 0 heterocycles. The van der Waals surface area contributed by atoms with Gasteiger partial charge >= 0.3 is 0 Å². The fourth-order valence-electron chi connectivity index (χ4n) is 0.144. The summed E-state index contributed by atoms with van der Waals surface area (Å²) in [6.07, 6.45) is 1.47. The SMILES string of the molecule is C[CH-]C(=O)NC.[Y]. The third-order valence-electron chi connectivity index (χ3n) is 0.509. The van der Waals surface area contributed by atoms with Crippen LogP contribution in [0.5, 0.6) is 0 Å². The predicted octanol–water partition coefficient (Wildman–Crippen LogP) is -0.0459. The van der Waals surface area contributed by atoms with Crippen LogP contribution in [0.4, 0.5) is 0 Å². The van der Waals surface area contributed by atoms with Crippen molar-refractivity contribution in [3.8, 4) is 0 Å². The zero-order valence-corrected chi connectivity index (χ0v) is 7.40. The van der Waals surface area contributed by atoms with Crippen LogP contribution in [-0.2, 0) is 37.5 Å². The van der Waals surface area contributed by atoms with Crippen LogP contribution in [-0.4, -0.2) is 13.0 Å². The van der Waals surface area contributed by atoms with Gasteiger partial charge in [-0.05, 0) is 0 Å². The van der Waals surface area contributed by atoms with Gasteiger partial charge < -0.3 is 16.5 Å². The van der Waals surface area contributed by atoms with Crippen molar-refractivity contribution in [1.82, 2.24) is 5.32 Å². The third-order valence-corrected chi connectivity index (χ3v) is 0.509. The van der Waals surface area contributed by atoms with Gasteiger partial charge in [-0.25, -0.2) is 0 Å². The van der Waals surface area contributed by atoms with Gasteiger partial charge in [0.15, 0.2) is 0 Å². The zero-order chi connectivity index (χ0) is 4.99. The summed E-state index contributed by atoms with van der Waals surface area (Å²) in [7, 11) is 1.60. The van der Waals surface area contributed by atoms with E-state index >= 15 is 0 Å². The van der Waals surface area contributed by atoms with Gasteiger partial charge in [0, 0.05) is 39.8 Å². The van der Waals surface area contributed by atoms with E-state index in [0.717, 1.165) is 0 Å². The van der Waals surface area contributed by atoms with E-state index in [2.05, 4.69) is 5.32 Å². The minimum atomic E-state index is -0.0324. The number of amides is 1. The van der Waals surface area contributed by atoms with Crippen molar-refractivity contribution in [2.24, 2.45) is 0 Å².